The zero-order valence-electron chi connectivity index (χ0n) is 12.0. The Labute approximate surface area is 127 Å². The van der Waals surface area contributed by atoms with Gasteiger partial charge in [-0.05, 0) is 59.3 Å². The molecule has 0 atom stereocenters. The Morgan fingerprint density at radius 2 is 1.00 bits per heavy atom. The molecule has 0 rings (SSSR count). The Bertz CT molecular complexity index is 171. The first kappa shape index (κ1) is 26.9. The van der Waals surface area contributed by atoms with Gasteiger partial charge in [-0.25, -0.2) is 0 Å². The summed E-state index contributed by atoms with van der Waals surface area (Å²) in [5, 5.41) is 17.8. The van der Waals surface area contributed by atoms with Crippen LogP contribution in [0.15, 0.2) is 0 Å². The van der Waals surface area contributed by atoms with E-state index in [2.05, 4.69) is 26.7 Å². The third-order valence-electron chi connectivity index (χ3n) is 1.21. The van der Waals surface area contributed by atoms with E-state index in [1.807, 2.05) is 0 Å². The maximum absolute atomic E-state index is 8.89. The van der Waals surface area contributed by atoms with Crippen molar-refractivity contribution in [3.05, 3.63) is 0 Å². The zero-order chi connectivity index (χ0) is 14.4. The molecule has 0 aromatic heterocycles. The summed E-state index contributed by atoms with van der Waals surface area (Å²) >= 11 is 0. The van der Waals surface area contributed by atoms with Crippen molar-refractivity contribution in [1.82, 2.24) is 0 Å². The predicted molar refractivity (Wildman–Crippen MR) is 73.2 cm³/mol. The topological polar surface area (TPSA) is 80.3 Å². The molecular weight excluding hydrogens is 364 g/mol. The second kappa shape index (κ2) is 19.8. The fraction of sp³-hybridized carbons (Fsp3) is 0.818. The number of aliphatic carboxylic acids is 2. The molecule has 0 heterocycles. The minimum Gasteiger partial charge on any atom is -0.550 e. The molecule has 0 aromatic carbocycles. The molecule has 0 unspecified atom stereocenters. The van der Waals surface area contributed by atoms with Crippen molar-refractivity contribution in [3.63, 3.8) is 0 Å². The maximum Gasteiger partial charge on any atom is 2.00 e. The van der Waals surface area contributed by atoms with Crippen LogP contribution in [0, 0.1) is 0 Å². The van der Waals surface area contributed by atoms with Crippen LogP contribution >= 0.6 is 15.8 Å². The molecule has 0 aliphatic heterocycles. The van der Waals surface area contributed by atoms with Crippen molar-refractivity contribution in [2.75, 3.05) is 39.0 Å². The fourth-order valence-electron chi connectivity index (χ4n) is 0.703. The van der Waals surface area contributed by atoms with Gasteiger partial charge in [0.05, 0.1) is 0 Å². The van der Waals surface area contributed by atoms with Crippen molar-refractivity contribution in [2.45, 2.75) is 20.3 Å². The molecule has 0 aliphatic rings. The average Bonchev–Trinajstić information content (AvgIpc) is 1.99. The molecule has 0 aliphatic carbocycles. The molecule has 112 valence electrons. The first-order valence-corrected chi connectivity index (χ1v) is 10.1. The minimum atomic E-state index is -1.08. The maximum atomic E-state index is 8.89. The number of rotatable bonds is 4. The Balaban J connectivity index is -0.0000000922. The van der Waals surface area contributed by atoms with E-state index >= 15 is 0 Å². The molecule has 0 aromatic rings. The molecule has 0 N–H and O–H groups in total. The Hall–Kier alpha value is 0.462. The van der Waals surface area contributed by atoms with Crippen LogP contribution in [-0.4, -0.2) is 50.9 Å². The Morgan fingerprint density at radius 3 is 1.11 bits per heavy atom. The molecule has 0 bridgehead atoms. The third-order valence-corrected chi connectivity index (χ3v) is 3.63. The smallest absolute Gasteiger partial charge is 0.550 e. The molecule has 18 heavy (non-hydrogen) atoms. The summed E-state index contributed by atoms with van der Waals surface area (Å²) in [7, 11) is 0.758. The van der Waals surface area contributed by atoms with Crippen molar-refractivity contribution in [1.29, 1.82) is 0 Å². The van der Waals surface area contributed by atoms with E-state index in [0.29, 0.717) is 15.8 Å². The van der Waals surface area contributed by atoms with Crippen molar-refractivity contribution >= 4 is 27.8 Å². The van der Waals surface area contributed by atoms with Gasteiger partial charge in [-0.1, -0.05) is 0 Å². The normalized spacial score (nSPS) is 8.44. The van der Waals surface area contributed by atoms with Crippen LogP contribution in [0.4, 0.5) is 0 Å². The number of hydrogen-bond donors (Lipinski definition) is 0. The van der Waals surface area contributed by atoms with Crippen molar-refractivity contribution < 1.29 is 40.2 Å². The summed E-state index contributed by atoms with van der Waals surface area (Å²) in [4.78, 5) is 17.8. The first-order valence-electron chi connectivity index (χ1n) is 5.24. The fourth-order valence-corrected chi connectivity index (χ4v) is 2.53. The number of carbonyl (C=O) groups is 2. The molecule has 0 fully saturated rings. The van der Waals surface area contributed by atoms with Gasteiger partial charge in [0.25, 0.3) is 0 Å². The van der Waals surface area contributed by atoms with Crippen LogP contribution in [0.1, 0.15) is 20.3 Å². The van der Waals surface area contributed by atoms with Gasteiger partial charge in [-0.15, -0.1) is 15.8 Å². The summed E-state index contributed by atoms with van der Waals surface area (Å²) in [5.74, 6) is -2.17. The van der Waals surface area contributed by atoms with Crippen LogP contribution < -0.4 is 10.2 Å². The molecule has 0 saturated heterocycles. The monoisotopic (exact) mass is 388 g/mol. The Kier molecular flexibility index (Phi) is 29.6. The SMILES string of the molecule is CC(=O)[O-].CC(=O)[O-].CP(C)CCCP(C)C.[Pd+2]. The van der Waals surface area contributed by atoms with Crippen molar-refractivity contribution in [2.24, 2.45) is 0 Å². The van der Waals surface area contributed by atoms with Gasteiger partial charge >= 0.3 is 20.4 Å². The molecule has 7 heteroatoms. The van der Waals surface area contributed by atoms with Crippen molar-refractivity contribution in [3.8, 4) is 0 Å². The van der Waals surface area contributed by atoms with E-state index < -0.39 is 11.9 Å². The molecule has 0 spiro atoms. The van der Waals surface area contributed by atoms with Gasteiger partial charge < -0.3 is 19.8 Å². The first-order chi connectivity index (χ1) is 7.59. The van der Waals surface area contributed by atoms with Crippen LogP contribution in [0.25, 0.3) is 0 Å². The molecule has 0 amide bonds. The summed E-state index contributed by atoms with van der Waals surface area (Å²) in [6.07, 6.45) is 4.43. The van der Waals surface area contributed by atoms with E-state index in [4.69, 9.17) is 19.8 Å². The van der Waals surface area contributed by atoms with Gasteiger partial charge in [0.2, 0.25) is 0 Å². The number of carboxylic acids is 2. The minimum absolute atomic E-state index is 0. The van der Waals surface area contributed by atoms with Gasteiger partial charge in [0, 0.05) is 11.9 Å². The van der Waals surface area contributed by atoms with Gasteiger partial charge in [0.1, 0.15) is 0 Å². The second-order valence-electron chi connectivity index (χ2n) is 3.94. The van der Waals surface area contributed by atoms with Crippen LogP contribution in [0.5, 0.6) is 0 Å². The number of carbonyl (C=O) groups excluding carboxylic acids is 2. The summed E-state index contributed by atoms with van der Waals surface area (Å²) in [6, 6.07) is 0. The largest absolute Gasteiger partial charge is 2.00 e. The standard InChI is InChI=1S/C7H18P2.2C2H4O2.Pd/c1-8(2)6-5-7-9(3)4;2*1-2(3)4;/h5-7H2,1-4H3;2*1H3,(H,3,4);/q;;;+2/p-2. The number of hydrogen-bond acceptors (Lipinski definition) is 4. The molecular formula is C11H24O4P2Pd. The quantitative estimate of drug-likeness (QED) is 0.515. The van der Waals surface area contributed by atoms with Gasteiger partial charge in [0.15, 0.2) is 0 Å². The zero-order valence-corrected chi connectivity index (χ0v) is 15.3. The van der Waals surface area contributed by atoms with Crippen LogP contribution in [0.3, 0.4) is 0 Å². The van der Waals surface area contributed by atoms with E-state index in [1.54, 1.807) is 0 Å². The summed E-state index contributed by atoms with van der Waals surface area (Å²) in [6.45, 7) is 11.4. The van der Waals surface area contributed by atoms with E-state index in [1.165, 1.54) is 18.7 Å². The van der Waals surface area contributed by atoms with E-state index in [-0.39, 0.29) is 20.4 Å². The third kappa shape index (κ3) is 94.2. The van der Waals surface area contributed by atoms with Crippen LogP contribution in [-0.2, 0) is 30.0 Å². The Morgan fingerprint density at radius 1 is 0.833 bits per heavy atom. The van der Waals surface area contributed by atoms with Crippen LogP contribution in [0.2, 0.25) is 0 Å². The molecule has 4 nitrogen and oxygen atoms in total. The average molecular weight is 389 g/mol. The molecule has 0 saturated carbocycles. The van der Waals surface area contributed by atoms with Gasteiger partial charge in [-0.3, -0.25) is 0 Å². The van der Waals surface area contributed by atoms with E-state index in [0.717, 1.165) is 13.8 Å². The van der Waals surface area contributed by atoms with Gasteiger partial charge in [-0.2, -0.15) is 0 Å². The number of carboxylic acid groups (broad SMARTS) is 2. The summed E-state index contributed by atoms with van der Waals surface area (Å²) < 4.78 is 0. The molecule has 0 radical (unpaired) electrons. The van der Waals surface area contributed by atoms with E-state index in [9.17, 15) is 0 Å². The predicted octanol–water partition coefficient (Wildman–Crippen LogP) is 0.369. The second-order valence-corrected chi connectivity index (χ2v) is 9.16. The summed E-state index contributed by atoms with van der Waals surface area (Å²) in [5.41, 5.74) is 0.